The Morgan fingerprint density at radius 1 is 1.24 bits per heavy atom. The number of non-ortho nitro benzene ring substituents is 1. The van der Waals surface area contributed by atoms with Crippen LogP contribution in [0.15, 0.2) is 48.9 Å². The number of nitrogens with zero attached hydrogens (tertiary/aromatic N) is 4. The molecule has 0 bridgehead atoms. The van der Waals surface area contributed by atoms with Gasteiger partial charge in [-0.1, -0.05) is 0 Å². The van der Waals surface area contributed by atoms with Gasteiger partial charge in [0.15, 0.2) is 0 Å². The van der Waals surface area contributed by atoms with Gasteiger partial charge in [0, 0.05) is 24.5 Å². The maximum atomic E-state index is 10.8. The van der Waals surface area contributed by atoms with Gasteiger partial charge < -0.3 is 9.30 Å². The summed E-state index contributed by atoms with van der Waals surface area (Å²) in [6, 6.07) is 8.25. The van der Waals surface area contributed by atoms with Gasteiger partial charge in [0.1, 0.15) is 6.61 Å². The summed E-state index contributed by atoms with van der Waals surface area (Å²) in [6.07, 6.45) is 5.40. The van der Waals surface area contributed by atoms with Gasteiger partial charge in [0.05, 0.1) is 28.7 Å². The Morgan fingerprint density at radius 3 is 2.81 bits per heavy atom. The molecule has 7 nitrogen and oxygen atoms in total. The average Bonchev–Trinajstić information content (AvgIpc) is 2.99. The van der Waals surface area contributed by atoms with Crippen molar-refractivity contribution in [2.45, 2.75) is 6.54 Å². The van der Waals surface area contributed by atoms with E-state index in [1.54, 1.807) is 6.07 Å². The molecule has 3 rings (SSSR count). The number of rotatable bonds is 5. The smallest absolute Gasteiger partial charge is 0.271 e. The van der Waals surface area contributed by atoms with E-state index >= 15 is 0 Å². The fourth-order valence-electron chi connectivity index (χ4n) is 1.94. The van der Waals surface area contributed by atoms with Crippen molar-refractivity contribution in [1.82, 2.24) is 14.5 Å². The number of nitro benzene ring substituents is 1. The Morgan fingerprint density at radius 2 is 2.05 bits per heavy atom. The van der Waals surface area contributed by atoms with Crippen LogP contribution in [0, 0.1) is 10.1 Å². The number of aromatic nitrogens is 3. The number of fused-ring (bicyclic) bond motifs is 1. The molecular formula is C14H12N4O3. The normalized spacial score (nSPS) is 10.7. The second-order valence-corrected chi connectivity index (χ2v) is 4.41. The lowest BCUT2D eigenvalue weighted by Crippen LogP contribution is -2.07. The molecule has 0 spiro atoms. The number of benzene rings is 1. The third kappa shape index (κ3) is 2.97. The first-order chi connectivity index (χ1) is 10.2. The summed E-state index contributed by atoms with van der Waals surface area (Å²) in [5.41, 5.74) is 1.03. The van der Waals surface area contributed by atoms with Crippen LogP contribution in [0.25, 0.3) is 11.0 Å². The topological polar surface area (TPSA) is 83.1 Å². The fourth-order valence-corrected chi connectivity index (χ4v) is 1.94. The summed E-state index contributed by atoms with van der Waals surface area (Å²) in [7, 11) is 0. The van der Waals surface area contributed by atoms with Gasteiger partial charge >= 0.3 is 0 Å². The van der Waals surface area contributed by atoms with E-state index in [1.165, 1.54) is 18.3 Å². The van der Waals surface area contributed by atoms with Gasteiger partial charge in [0.2, 0.25) is 5.88 Å². The average molecular weight is 284 g/mol. The molecule has 0 amide bonds. The molecule has 0 aliphatic carbocycles. The molecule has 0 saturated carbocycles. The van der Waals surface area contributed by atoms with Crippen LogP contribution in [0.3, 0.4) is 0 Å². The number of hydrogen-bond acceptors (Lipinski definition) is 5. The van der Waals surface area contributed by atoms with E-state index in [-0.39, 0.29) is 5.69 Å². The van der Waals surface area contributed by atoms with Crippen LogP contribution in [-0.4, -0.2) is 26.1 Å². The van der Waals surface area contributed by atoms with E-state index in [0.717, 1.165) is 0 Å². The van der Waals surface area contributed by atoms with Crippen molar-refractivity contribution >= 4 is 16.7 Å². The monoisotopic (exact) mass is 284 g/mol. The third-order valence-corrected chi connectivity index (χ3v) is 2.98. The molecule has 21 heavy (non-hydrogen) atoms. The van der Waals surface area contributed by atoms with Gasteiger partial charge in [0.25, 0.3) is 5.69 Å². The molecule has 1 aromatic carbocycles. The van der Waals surface area contributed by atoms with Gasteiger partial charge in [-0.3, -0.25) is 10.1 Å². The van der Waals surface area contributed by atoms with Crippen LogP contribution in [0.1, 0.15) is 0 Å². The summed E-state index contributed by atoms with van der Waals surface area (Å²) in [6.45, 7) is 1.14. The predicted molar refractivity (Wildman–Crippen MR) is 76.1 cm³/mol. The molecule has 0 fully saturated rings. The van der Waals surface area contributed by atoms with Crippen molar-refractivity contribution < 1.29 is 9.66 Å². The largest absolute Gasteiger partial charge is 0.475 e. The van der Waals surface area contributed by atoms with Crippen LogP contribution in [-0.2, 0) is 6.54 Å². The minimum absolute atomic E-state index is 0.0127. The number of ether oxygens (including phenoxy) is 1. The van der Waals surface area contributed by atoms with Crippen LogP contribution in [0.5, 0.6) is 5.88 Å². The highest BCUT2D eigenvalue weighted by Gasteiger charge is 2.08. The molecule has 0 saturated heterocycles. The summed E-state index contributed by atoms with van der Waals surface area (Å²) in [4.78, 5) is 18.7. The lowest BCUT2D eigenvalue weighted by atomic mass is 10.2. The first-order valence-electron chi connectivity index (χ1n) is 6.37. The van der Waals surface area contributed by atoms with E-state index in [2.05, 4.69) is 9.97 Å². The van der Waals surface area contributed by atoms with E-state index in [0.29, 0.717) is 30.1 Å². The van der Waals surface area contributed by atoms with Crippen LogP contribution in [0.2, 0.25) is 0 Å². The molecule has 2 heterocycles. The van der Waals surface area contributed by atoms with Crippen molar-refractivity contribution in [2.75, 3.05) is 6.61 Å². The van der Waals surface area contributed by atoms with Crippen molar-refractivity contribution in [3.8, 4) is 5.88 Å². The van der Waals surface area contributed by atoms with Gasteiger partial charge in [-0.05, 0) is 18.2 Å². The molecule has 0 radical (unpaired) electrons. The lowest BCUT2D eigenvalue weighted by molar-refractivity contribution is -0.384. The Kier molecular flexibility index (Phi) is 3.46. The first kappa shape index (κ1) is 13.0. The Labute approximate surface area is 120 Å². The summed E-state index contributed by atoms with van der Waals surface area (Å²) >= 11 is 0. The van der Waals surface area contributed by atoms with E-state index in [1.807, 2.05) is 29.1 Å². The predicted octanol–water partition coefficient (Wildman–Crippen LogP) is 2.42. The van der Waals surface area contributed by atoms with Crippen molar-refractivity contribution in [3.63, 3.8) is 0 Å². The molecule has 0 aliphatic heterocycles. The van der Waals surface area contributed by atoms with Crippen LogP contribution in [0.4, 0.5) is 5.69 Å². The summed E-state index contributed by atoms with van der Waals surface area (Å²) in [5, 5.41) is 10.8. The van der Waals surface area contributed by atoms with Gasteiger partial charge in [-0.25, -0.2) is 9.97 Å². The number of hydrogen-bond donors (Lipinski definition) is 0. The third-order valence-electron chi connectivity index (χ3n) is 2.98. The first-order valence-corrected chi connectivity index (χ1v) is 6.37. The zero-order valence-electron chi connectivity index (χ0n) is 11.0. The molecule has 0 unspecified atom stereocenters. The maximum Gasteiger partial charge on any atom is 0.271 e. The SMILES string of the molecule is O=[N+]([O-])c1ccc2ncc(OCCn3cccc3)nc2c1. The van der Waals surface area contributed by atoms with E-state index in [9.17, 15) is 10.1 Å². The highest BCUT2D eigenvalue weighted by Crippen LogP contribution is 2.19. The second kappa shape index (κ2) is 5.58. The second-order valence-electron chi connectivity index (χ2n) is 4.41. The lowest BCUT2D eigenvalue weighted by Gasteiger charge is -2.06. The highest BCUT2D eigenvalue weighted by atomic mass is 16.6. The fraction of sp³-hybridized carbons (Fsp3) is 0.143. The molecule has 7 heteroatoms. The molecular weight excluding hydrogens is 272 g/mol. The minimum Gasteiger partial charge on any atom is -0.475 e. The molecule has 2 aromatic heterocycles. The molecule has 0 atom stereocenters. The maximum absolute atomic E-state index is 10.8. The van der Waals surface area contributed by atoms with E-state index in [4.69, 9.17) is 4.74 Å². The standard InChI is InChI=1S/C14H12N4O3/c19-18(20)11-3-4-12-13(9-11)16-14(10-15-12)21-8-7-17-5-1-2-6-17/h1-6,9-10H,7-8H2. The Balaban J connectivity index is 1.74. The van der Waals surface area contributed by atoms with Gasteiger partial charge in [-0.2, -0.15) is 0 Å². The molecule has 0 aliphatic rings. The summed E-state index contributed by atoms with van der Waals surface area (Å²) < 4.78 is 7.51. The van der Waals surface area contributed by atoms with Crippen molar-refractivity contribution in [1.29, 1.82) is 0 Å². The highest BCUT2D eigenvalue weighted by molar-refractivity contribution is 5.77. The van der Waals surface area contributed by atoms with Crippen molar-refractivity contribution in [3.05, 3.63) is 59.0 Å². The van der Waals surface area contributed by atoms with Crippen LogP contribution < -0.4 is 4.74 Å². The Bertz CT molecular complexity index is 771. The number of nitro groups is 1. The molecule has 106 valence electrons. The quantitative estimate of drug-likeness (QED) is 0.530. The van der Waals surface area contributed by atoms with Crippen LogP contribution >= 0.6 is 0 Å². The molecule has 0 N–H and O–H groups in total. The van der Waals surface area contributed by atoms with Gasteiger partial charge in [-0.15, -0.1) is 0 Å². The molecule has 3 aromatic rings. The minimum atomic E-state index is -0.458. The van der Waals surface area contributed by atoms with Crippen molar-refractivity contribution in [2.24, 2.45) is 0 Å². The zero-order valence-corrected chi connectivity index (χ0v) is 11.0. The summed E-state index contributed by atoms with van der Waals surface area (Å²) in [5.74, 6) is 0.357. The zero-order chi connectivity index (χ0) is 14.7. The Hall–Kier alpha value is -2.96. The van der Waals surface area contributed by atoms with E-state index < -0.39 is 4.92 Å².